The quantitative estimate of drug-likeness (QED) is 0.330. The molecule has 4 aromatic rings. The zero-order chi connectivity index (χ0) is 26.0. The number of carbonyl (C=O) groups is 1. The Labute approximate surface area is 209 Å². The fraction of sp³-hybridized carbons (Fsp3) is 0.348. The molecule has 0 aliphatic rings. The van der Waals surface area contributed by atoms with Gasteiger partial charge in [-0.3, -0.25) is 14.5 Å². The molecule has 36 heavy (non-hydrogen) atoms. The van der Waals surface area contributed by atoms with E-state index < -0.39 is 24.5 Å². The lowest BCUT2D eigenvalue weighted by Gasteiger charge is -2.15. The van der Waals surface area contributed by atoms with Gasteiger partial charge < -0.3 is 10.6 Å². The molecule has 2 N–H and O–H groups in total. The Kier molecular flexibility index (Phi) is 7.16. The van der Waals surface area contributed by atoms with Gasteiger partial charge in [0.25, 0.3) is 11.8 Å². The first-order valence-electron chi connectivity index (χ1n) is 11.1. The molecule has 1 unspecified atom stereocenters. The van der Waals surface area contributed by atoms with Crippen LogP contribution in [0.4, 0.5) is 24.5 Å². The van der Waals surface area contributed by atoms with Gasteiger partial charge in [-0.05, 0) is 12.0 Å². The van der Waals surface area contributed by atoms with Crippen molar-refractivity contribution in [2.45, 2.75) is 39.4 Å². The van der Waals surface area contributed by atoms with Gasteiger partial charge in [0.05, 0.1) is 51.8 Å². The van der Waals surface area contributed by atoms with Crippen LogP contribution >= 0.6 is 11.6 Å². The molecule has 0 bridgehead atoms. The van der Waals surface area contributed by atoms with Crippen molar-refractivity contribution < 1.29 is 18.0 Å². The largest absolute Gasteiger partial charge is 0.352 e. The molecule has 0 saturated heterocycles. The highest BCUT2D eigenvalue weighted by Crippen LogP contribution is 2.29. The fourth-order valence-corrected chi connectivity index (χ4v) is 3.54. The molecular formula is C23H24ClF3N8O. The summed E-state index contributed by atoms with van der Waals surface area (Å²) in [4.78, 5) is 21.6. The van der Waals surface area contributed by atoms with Gasteiger partial charge in [-0.25, -0.2) is 22.7 Å². The number of nitrogens with zero attached hydrogens (tertiary/aromatic N) is 6. The van der Waals surface area contributed by atoms with Crippen LogP contribution in [0, 0.1) is 5.92 Å². The highest BCUT2D eigenvalue weighted by atomic mass is 35.5. The van der Waals surface area contributed by atoms with Crippen molar-refractivity contribution in [2.75, 3.05) is 11.9 Å². The van der Waals surface area contributed by atoms with Crippen molar-refractivity contribution >= 4 is 34.5 Å². The number of nitrogens with one attached hydrogen (secondary N) is 2. The standard InChI is InChI=1S/C23H24ClF3N8O/c1-13(2)18(25)9-30-22(36)17-7-28-19(16-8-32-35-10-14(24)5-29-21(16)35)4-20(17)33-15-6-31-34(11-15)12-23(3,26)27/h4-8,10-11,13,18H,9,12H2,1-3H3,(H,28,33)(H,30,36). The van der Waals surface area contributed by atoms with Crippen LogP contribution < -0.4 is 10.6 Å². The molecule has 1 amide bonds. The Balaban J connectivity index is 1.68. The Hall–Kier alpha value is -3.67. The lowest BCUT2D eigenvalue weighted by Crippen LogP contribution is -2.32. The zero-order valence-electron chi connectivity index (χ0n) is 19.7. The van der Waals surface area contributed by atoms with Gasteiger partial charge >= 0.3 is 0 Å². The van der Waals surface area contributed by atoms with Gasteiger partial charge in [-0.15, -0.1) is 0 Å². The van der Waals surface area contributed by atoms with Crippen molar-refractivity contribution in [3.05, 3.63) is 53.8 Å². The van der Waals surface area contributed by atoms with Crippen molar-refractivity contribution in [3.8, 4) is 11.3 Å². The van der Waals surface area contributed by atoms with Gasteiger partial charge in [0.15, 0.2) is 5.65 Å². The first-order valence-corrected chi connectivity index (χ1v) is 11.5. The minimum absolute atomic E-state index is 0.135. The first kappa shape index (κ1) is 25.4. The van der Waals surface area contributed by atoms with Gasteiger partial charge in [0.1, 0.15) is 12.7 Å². The van der Waals surface area contributed by atoms with Crippen LogP contribution in [-0.2, 0) is 6.54 Å². The van der Waals surface area contributed by atoms with E-state index in [1.54, 1.807) is 32.3 Å². The Morgan fingerprint density at radius 3 is 2.64 bits per heavy atom. The molecule has 4 aromatic heterocycles. The van der Waals surface area contributed by atoms with E-state index in [9.17, 15) is 18.0 Å². The smallest absolute Gasteiger partial charge is 0.264 e. The number of hydrogen-bond acceptors (Lipinski definition) is 6. The maximum absolute atomic E-state index is 14.1. The molecule has 13 heteroatoms. The number of halogens is 4. The van der Waals surface area contributed by atoms with Gasteiger partial charge in [-0.2, -0.15) is 10.2 Å². The molecule has 1 atom stereocenters. The highest BCUT2D eigenvalue weighted by molar-refractivity contribution is 6.30. The first-order chi connectivity index (χ1) is 17.0. The van der Waals surface area contributed by atoms with Crippen molar-refractivity contribution in [1.29, 1.82) is 0 Å². The predicted molar refractivity (Wildman–Crippen MR) is 129 cm³/mol. The maximum Gasteiger partial charge on any atom is 0.264 e. The van der Waals surface area contributed by atoms with Crippen LogP contribution in [-0.4, -0.2) is 53.9 Å². The van der Waals surface area contributed by atoms with Crippen LogP contribution in [0.2, 0.25) is 5.02 Å². The monoisotopic (exact) mass is 520 g/mol. The summed E-state index contributed by atoms with van der Waals surface area (Å²) < 4.78 is 43.4. The normalized spacial score (nSPS) is 12.8. The van der Waals surface area contributed by atoms with E-state index in [1.807, 2.05) is 0 Å². The molecule has 4 rings (SSSR count). The van der Waals surface area contributed by atoms with E-state index in [2.05, 4.69) is 30.8 Å². The number of aromatic nitrogens is 6. The maximum atomic E-state index is 14.1. The third-order valence-corrected chi connectivity index (χ3v) is 5.48. The lowest BCUT2D eigenvalue weighted by molar-refractivity contribution is 0.000602. The molecule has 0 aliphatic carbocycles. The number of pyridine rings is 1. The minimum atomic E-state index is -2.95. The van der Waals surface area contributed by atoms with Gasteiger partial charge in [-0.1, -0.05) is 25.4 Å². The zero-order valence-corrected chi connectivity index (χ0v) is 20.5. The number of rotatable bonds is 9. The second-order valence-electron chi connectivity index (χ2n) is 8.81. The van der Waals surface area contributed by atoms with E-state index >= 15 is 0 Å². The summed E-state index contributed by atoms with van der Waals surface area (Å²) in [6.07, 6.45) is 7.51. The summed E-state index contributed by atoms with van der Waals surface area (Å²) in [5, 5.41) is 14.2. The second-order valence-corrected chi connectivity index (χ2v) is 9.24. The number of anilines is 2. The van der Waals surface area contributed by atoms with Crippen LogP contribution in [0.25, 0.3) is 16.9 Å². The predicted octanol–water partition coefficient (Wildman–Crippen LogP) is 4.76. The van der Waals surface area contributed by atoms with E-state index in [1.165, 1.54) is 29.3 Å². The van der Waals surface area contributed by atoms with Crippen LogP contribution in [0.3, 0.4) is 0 Å². The number of amides is 1. The summed E-state index contributed by atoms with van der Waals surface area (Å²) in [5.41, 5.74) is 2.33. The topological polar surface area (TPSA) is 102 Å². The summed E-state index contributed by atoms with van der Waals surface area (Å²) in [5.74, 6) is -3.75. The Morgan fingerprint density at radius 1 is 1.14 bits per heavy atom. The number of fused-ring (bicyclic) bond motifs is 1. The lowest BCUT2D eigenvalue weighted by atomic mass is 10.1. The second kappa shape index (κ2) is 10.1. The molecule has 0 saturated carbocycles. The molecular weight excluding hydrogens is 497 g/mol. The summed E-state index contributed by atoms with van der Waals surface area (Å²) in [6, 6.07) is 1.60. The van der Waals surface area contributed by atoms with Crippen LogP contribution in [0.15, 0.2) is 43.2 Å². The molecule has 0 spiro atoms. The molecule has 9 nitrogen and oxygen atoms in total. The molecule has 0 aliphatic heterocycles. The molecule has 4 heterocycles. The Bertz CT molecular complexity index is 1380. The average molecular weight is 521 g/mol. The Morgan fingerprint density at radius 2 is 1.92 bits per heavy atom. The number of alkyl halides is 3. The SMILES string of the molecule is CC(C)C(F)CNC(=O)c1cnc(-c2cnn3cc(Cl)cnc23)cc1Nc1cnn(CC(C)(F)F)c1. The molecule has 0 fully saturated rings. The van der Waals surface area contributed by atoms with E-state index in [0.29, 0.717) is 33.3 Å². The fourth-order valence-electron chi connectivity index (χ4n) is 3.40. The van der Waals surface area contributed by atoms with Crippen LogP contribution in [0.1, 0.15) is 31.1 Å². The minimum Gasteiger partial charge on any atom is -0.352 e. The van der Waals surface area contributed by atoms with Crippen LogP contribution in [0.5, 0.6) is 0 Å². The van der Waals surface area contributed by atoms with E-state index in [-0.39, 0.29) is 18.0 Å². The molecule has 0 aromatic carbocycles. The van der Waals surface area contributed by atoms with Gasteiger partial charge in [0.2, 0.25) is 0 Å². The highest BCUT2D eigenvalue weighted by Gasteiger charge is 2.23. The third-order valence-electron chi connectivity index (χ3n) is 5.28. The molecule has 190 valence electrons. The summed E-state index contributed by atoms with van der Waals surface area (Å²) in [6.45, 7) is 3.46. The third kappa shape index (κ3) is 5.93. The van der Waals surface area contributed by atoms with Crippen molar-refractivity contribution in [2.24, 2.45) is 5.92 Å². The summed E-state index contributed by atoms with van der Waals surface area (Å²) in [7, 11) is 0. The molecule has 0 radical (unpaired) electrons. The van der Waals surface area contributed by atoms with Gasteiger partial charge in [0, 0.05) is 32.1 Å². The van der Waals surface area contributed by atoms with Crippen molar-refractivity contribution in [1.82, 2.24) is 34.7 Å². The number of hydrogen-bond donors (Lipinski definition) is 2. The van der Waals surface area contributed by atoms with Crippen molar-refractivity contribution in [3.63, 3.8) is 0 Å². The average Bonchev–Trinajstić information content (AvgIpc) is 3.42. The summed E-state index contributed by atoms with van der Waals surface area (Å²) >= 11 is 5.98. The number of carbonyl (C=O) groups excluding carboxylic acids is 1. The van der Waals surface area contributed by atoms with E-state index in [4.69, 9.17) is 11.6 Å². The van der Waals surface area contributed by atoms with E-state index in [0.717, 1.165) is 11.6 Å².